The molecule has 0 fully saturated rings. The number of hydrogen-bond donors (Lipinski definition) is 2. The lowest BCUT2D eigenvalue weighted by Crippen LogP contribution is -2.47. The van der Waals surface area contributed by atoms with E-state index in [1.54, 1.807) is 7.05 Å². The fraction of sp³-hybridized carbons (Fsp3) is 0.615. The van der Waals surface area contributed by atoms with Crippen LogP contribution in [-0.2, 0) is 13.0 Å². The van der Waals surface area contributed by atoms with E-state index in [-0.39, 0.29) is 5.54 Å². The number of rotatable bonds is 3. The Bertz CT molecular complexity index is 374. The third kappa shape index (κ3) is 5.22. The fourth-order valence-corrected chi connectivity index (χ4v) is 2.31. The fourth-order valence-electron chi connectivity index (χ4n) is 1.41. The summed E-state index contributed by atoms with van der Waals surface area (Å²) >= 11 is 1.86. The molecule has 96 valence electrons. The molecule has 0 aliphatic rings. The van der Waals surface area contributed by atoms with E-state index in [4.69, 9.17) is 0 Å². The lowest BCUT2D eigenvalue weighted by Gasteiger charge is -2.23. The second-order valence-corrected chi connectivity index (χ2v) is 6.28. The minimum absolute atomic E-state index is 0.0336. The highest BCUT2D eigenvalue weighted by Gasteiger charge is 2.11. The van der Waals surface area contributed by atoms with Crippen LogP contribution in [0.2, 0.25) is 0 Å². The predicted molar refractivity (Wildman–Crippen MR) is 76.8 cm³/mol. The van der Waals surface area contributed by atoms with Gasteiger partial charge in [-0.1, -0.05) is 6.92 Å². The normalized spacial score (nSPS) is 12.6. The highest BCUT2D eigenvalue weighted by Crippen LogP contribution is 2.16. The lowest BCUT2D eigenvalue weighted by molar-refractivity contribution is 0.501. The molecule has 1 aromatic rings. The van der Waals surface area contributed by atoms with Crippen LogP contribution in [0.5, 0.6) is 0 Å². The first-order valence-corrected chi connectivity index (χ1v) is 6.82. The van der Waals surface area contributed by atoms with Crippen LogP contribution in [0.1, 0.15) is 37.4 Å². The van der Waals surface area contributed by atoms with Crippen molar-refractivity contribution in [2.24, 2.45) is 4.99 Å². The van der Waals surface area contributed by atoms with E-state index in [1.807, 2.05) is 11.3 Å². The van der Waals surface area contributed by atoms with Gasteiger partial charge in [-0.3, -0.25) is 4.99 Å². The summed E-state index contributed by atoms with van der Waals surface area (Å²) in [6.45, 7) is 9.39. The topological polar surface area (TPSA) is 36.4 Å². The minimum Gasteiger partial charge on any atom is -0.352 e. The first-order chi connectivity index (χ1) is 7.94. The van der Waals surface area contributed by atoms with Crippen LogP contribution in [0.3, 0.4) is 0 Å². The summed E-state index contributed by atoms with van der Waals surface area (Å²) in [5.74, 6) is 0.851. The van der Waals surface area contributed by atoms with Gasteiger partial charge in [0.25, 0.3) is 0 Å². The lowest BCUT2D eigenvalue weighted by atomic mass is 10.1. The number of hydrogen-bond acceptors (Lipinski definition) is 2. The molecule has 0 unspecified atom stereocenters. The molecule has 3 nitrogen and oxygen atoms in total. The van der Waals surface area contributed by atoms with E-state index in [2.05, 4.69) is 55.5 Å². The maximum atomic E-state index is 4.21. The monoisotopic (exact) mass is 253 g/mol. The average molecular weight is 253 g/mol. The van der Waals surface area contributed by atoms with Crippen LogP contribution < -0.4 is 10.6 Å². The summed E-state index contributed by atoms with van der Waals surface area (Å²) in [5, 5.41) is 6.67. The Hall–Kier alpha value is -1.03. The SMILES string of the molecule is CCc1ccc(CNC(=NC)NC(C)(C)C)s1. The van der Waals surface area contributed by atoms with Crippen LogP contribution in [0.25, 0.3) is 0 Å². The van der Waals surface area contributed by atoms with Crippen molar-refractivity contribution in [1.29, 1.82) is 0 Å². The Kier molecular flexibility index (Phi) is 5.00. The van der Waals surface area contributed by atoms with E-state index >= 15 is 0 Å². The molecule has 0 bridgehead atoms. The van der Waals surface area contributed by atoms with Gasteiger partial charge in [-0.2, -0.15) is 0 Å². The Labute approximate surface area is 108 Å². The smallest absolute Gasteiger partial charge is 0.191 e. The molecule has 1 heterocycles. The van der Waals surface area contributed by atoms with E-state index < -0.39 is 0 Å². The maximum absolute atomic E-state index is 4.21. The molecule has 0 atom stereocenters. The van der Waals surface area contributed by atoms with E-state index in [1.165, 1.54) is 9.75 Å². The van der Waals surface area contributed by atoms with Crippen molar-refractivity contribution in [3.8, 4) is 0 Å². The summed E-state index contributed by atoms with van der Waals surface area (Å²) in [4.78, 5) is 6.99. The van der Waals surface area contributed by atoms with Crippen molar-refractivity contribution in [2.45, 2.75) is 46.2 Å². The van der Waals surface area contributed by atoms with Gasteiger partial charge < -0.3 is 10.6 Å². The van der Waals surface area contributed by atoms with Crippen LogP contribution in [0, 0.1) is 0 Å². The third-order valence-corrected chi connectivity index (χ3v) is 3.44. The number of nitrogens with zero attached hydrogens (tertiary/aromatic N) is 1. The molecule has 0 radical (unpaired) electrons. The number of aryl methyl sites for hydroxylation is 1. The molecule has 0 saturated carbocycles. The second-order valence-electron chi connectivity index (χ2n) is 5.02. The Morgan fingerprint density at radius 3 is 2.41 bits per heavy atom. The van der Waals surface area contributed by atoms with Crippen LogP contribution in [0.15, 0.2) is 17.1 Å². The zero-order valence-electron chi connectivity index (χ0n) is 11.4. The molecule has 2 N–H and O–H groups in total. The summed E-state index contributed by atoms with van der Waals surface area (Å²) in [6, 6.07) is 4.38. The van der Waals surface area contributed by atoms with Gasteiger partial charge in [0.1, 0.15) is 0 Å². The average Bonchev–Trinajstić information content (AvgIpc) is 2.70. The van der Waals surface area contributed by atoms with E-state index in [0.29, 0.717) is 0 Å². The molecular formula is C13H23N3S. The van der Waals surface area contributed by atoms with Crippen molar-refractivity contribution < 1.29 is 0 Å². The van der Waals surface area contributed by atoms with Crippen molar-refractivity contribution in [1.82, 2.24) is 10.6 Å². The first-order valence-electron chi connectivity index (χ1n) is 6.01. The zero-order chi connectivity index (χ0) is 12.9. The molecule has 0 aliphatic carbocycles. The maximum Gasteiger partial charge on any atom is 0.191 e. The predicted octanol–water partition coefficient (Wildman–Crippen LogP) is 2.77. The first kappa shape index (κ1) is 14.0. The van der Waals surface area contributed by atoms with Gasteiger partial charge in [0, 0.05) is 22.3 Å². The van der Waals surface area contributed by atoms with E-state index in [0.717, 1.165) is 18.9 Å². The van der Waals surface area contributed by atoms with Crippen molar-refractivity contribution in [2.75, 3.05) is 7.05 Å². The molecule has 1 aromatic heterocycles. The largest absolute Gasteiger partial charge is 0.352 e. The quantitative estimate of drug-likeness (QED) is 0.642. The Balaban J connectivity index is 2.48. The molecule has 0 amide bonds. The molecule has 1 rings (SSSR count). The van der Waals surface area contributed by atoms with Gasteiger partial charge in [-0.05, 0) is 39.3 Å². The molecule has 0 aromatic carbocycles. The minimum atomic E-state index is 0.0336. The molecule has 0 aliphatic heterocycles. The van der Waals surface area contributed by atoms with Gasteiger partial charge in [0.15, 0.2) is 5.96 Å². The Morgan fingerprint density at radius 2 is 1.94 bits per heavy atom. The summed E-state index contributed by atoms with van der Waals surface area (Å²) in [5.41, 5.74) is 0.0336. The van der Waals surface area contributed by atoms with E-state index in [9.17, 15) is 0 Å². The summed E-state index contributed by atoms with van der Waals surface area (Å²) in [7, 11) is 1.80. The van der Waals surface area contributed by atoms with Crippen molar-refractivity contribution in [3.63, 3.8) is 0 Å². The number of nitrogens with one attached hydrogen (secondary N) is 2. The van der Waals surface area contributed by atoms with Gasteiger partial charge in [-0.25, -0.2) is 0 Å². The summed E-state index contributed by atoms with van der Waals surface area (Å²) in [6.07, 6.45) is 1.11. The van der Waals surface area contributed by atoms with Gasteiger partial charge in [0.2, 0.25) is 0 Å². The molecule has 4 heteroatoms. The molecule has 17 heavy (non-hydrogen) atoms. The molecular weight excluding hydrogens is 230 g/mol. The zero-order valence-corrected chi connectivity index (χ0v) is 12.2. The molecule has 0 saturated heterocycles. The van der Waals surface area contributed by atoms with Crippen LogP contribution in [0.4, 0.5) is 0 Å². The van der Waals surface area contributed by atoms with Gasteiger partial charge in [-0.15, -0.1) is 11.3 Å². The van der Waals surface area contributed by atoms with Crippen LogP contribution in [-0.4, -0.2) is 18.5 Å². The highest BCUT2D eigenvalue weighted by atomic mass is 32.1. The number of guanidine groups is 1. The van der Waals surface area contributed by atoms with Crippen molar-refractivity contribution in [3.05, 3.63) is 21.9 Å². The van der Waals surface area contributed by atoms with Crippen LogP contribution >= 0.6 is 11.3 Å². The number of aliphatic imine (C=N–C) groups is 1. The van der Waals surface area contributed by atoms with Gasteiger partial charge >= 0.3 is 0 Å². The Morgan fingerprint density at radius 1 is 1.29 bits per heavy atom. The van der Waals surface area contributed by atoms with Gasteiger partial charge in [0.05, 0.1) is 6.54 Å². The molecule has 0 spiro atoms. The van der Waals surface area contributed by atoms with Crippen molar-refractivity contribution >= 4 is 17.3 Å². The summed E-state index contributed by atoms with van der Waals surface area (Å²) < 4.78 is 0. The third-order valence-electron chi connectivity index (χ3n) is 2.21. The highest BCUT2D eigenvalue weighted by molar-refractivity contribution is 7.11. The standard InChI is InChI=1S/C13H23N3S/c1-6-10-7-8-11(17-10)9-15-12(14-5)16-13(2,3)4/h7-8H,6,9H2,1-5H3,(H2,14,15,16). The second kappa shape index (κ2) is 6.05. The number of thiophene rings is 1.